The average molecular weight is 238 g/mol. The summed E-state index contributed by atoms with van der Waals surface area (Å²) >= 11 is 0. The highest BCUT2D eigenvalue weighted by Crippen LogP contribution is 2.29. The number of hydrogen-bond acceptors (Lipinski definition) is 1. The van der Waals surface area contributed by atoms with Gasteiger partial charge in [-0.25, -0.2) is 0 Å². The summed E-state index contributed by atoms with van der Waals surface area (Å²) < 4.78 is 0. The smallest absolute Gasteiger partial charge is 0.150 e. The fourth-order valence-electron chi connectivity index (χ4n) is 2.35. The maximum Gasteiger partial charge on any atom is 0.150 e. The van der Waals surface area contributed by atoms with Gasteiger partial charge < -0.3 is 0 Å². The number of carbonyl (C=O) groups excluding carboxylic acids is 1. The Balaban J connectivity index is 2.38. The molecule has 92 valence electrons. The third-order valence-corrected chi connectivity index (χ3v) is 3.23. The van der Waals surface area contributed by atoms with Crippen LogP contribution in [-0.2, 0) is 0 Å². The molecule has 2 aromatic rings. The van der Waals surface area contributed by atoms with Gasteiger partial charge in [0.05, 0.1) is 0 Å². The molecule has 1 atom stereocenters. The summed E-state index contributed by atoms with van der Waals surface area (Å²) in [5.74, 6) is 0.385. The molecule has 1 nitrogen and oxygen atoms in total. The largest absolute Gasteiger partial charge is 0.298 e. The molecule has 0 aromatic heterocycles. The second-order valence-corrected chi connectivity index (χ2v) is 4.54. The SMILES string of the molecule is CCCC(c1ccccc1)c1cccc(C=O)c1. The number of carbonyl (C=O) groups is 1. The Morgan fingerprint density at radius 2 is 1.72 bits per heavy atom. The number of benzene rings is 2. The van der Waals surface area contributed by atoms with Crippen molar-refractivity contribution in [1.29, 1.82) is 0 Å². The molecule has 0 saturated heterocycles. The summed E-state index contributed by atoms with van der Waals surface area (Å²) in [4.78, 5) is 10.9. The highest BCUT2D eigenvalue weighted by Gasteiger charge is 2.13. The lowest BCUT2D eigenvalue weighted by atomic mass is 9.87. The van der Waals surface area contributed by atoms with Crippen LogP contribution in [0.25, 0.3) is 0 Å². The third-order valence-electron chi connectivity index (χ3n) is 3.23. The molecule has 0 amide bonds. The Morgan fingerprint density at radius 1 is 1.00 bits per heavy atom. The number of aldehydes is 1. The minimum Gasteiger partial charge on any atom is -0.298 e. The topological polar surface area (TPSA) is 17.1 Å². The molecule has 0 bridgehead atoms. The number of hydrogen-bond donors (Lipinski definition) is 0. The van der Waals surface area contributed by atoms with Crippen LogP contribution in [0.1, 0.15) is 47.2 Å². The molecule has 0 radical (unpaired) electrons. The van der Waals surface area contributed by atoms with Gasteiger partial charge in [0, 0.05) is 11.5 Å². The molecule has 0 N–H and O–H groups in total. The van der Waals surface area contributed by atoms with Crippen LogP contribution < -0.4 is 0 Å². The van der Waals surface area contributed by atoms with Gasteiger partial charge in [0.25, 0.3) is 0 Å². The van der Waals surface area contributed by atoms with Crippen molar-refractivity contribution in [3.05, 3.63) is 71.3 Å². The van der Waals surface area contributed by atoms with Crippen molar-refractivity contribution in [1.82, 2.24) is 0 Å². The zero-order valence-corrected chi connectivity index (χ0v) is 10.7. The molecule has 0 spiro atoms. The highest BCUT2D eigenvalue weighted by atomic mass is 16.1. The molecule has 2 rings (SSSR count). The first-order chi connectivity index (χ1) is 8.85. The molecule has 0 heterocycles. The predicted octanol–water partition coefficient (Wildman–Crippen LogP) is 4.43. The maximum atomic E-state index is 10.9. The molecule has 0 saturated carbocycles. The van der Waals surface area contributed by atoms with E-state index in [-0.39, 0.29) is 0 Å². The zero-order chi connectivity index (χ0) is 12.8. The van der Waals surface area contributed by atoms with Crippen molar-refractivity contribution in [3.8, 4) is 0 Å². The van der Waals surface area contributed by atoms with Crippen LogP contribution in [-0.4, -0.2) is 6.29 Å². The van der Waals surface area contributed by atoms with Crippen molar-refractivity contribution >= 4 is 6.29 Å². The van der Waals surface area contributed by atoms with Gasteiger partial charge >= 0.3 is 0 Å². The van der Waals surface area contributed by atoms with Gasteiger partial charge in [0.2, 0.25) is 0 Å². The first kappa shape index (κ1) is 12.6. The quantitative estimate of drug-likeness (QED) is 0.704. The van der Waals surface area contributed by atoms with Gasteiger partial charge in [-0.3, -0.25) is 4.79 Å². The van der Waals surface area contributed by atoms with Crippen molar-refractivity contribution < 1.29 is 4.79 Å². The van der Waals surface area contributed by atoms with Gasteiger partial charge in [-0.1, -0.05) is 61.9 Å². The van der Waals surface area contributed by atoms with Crippen molar-refractivity contribution in [2.75, 3.05) is 0 Å². The van der Waals surface area contributed by atoms with Crippen LogP contribution in [0.2, 0.25) is 0 Å². The molecule has 2 aromatic carbocycles. The first-order valence-electron chi connectivity index (χ1n) is 6.45. The Kier molecular flexibility index (Phi) is 4.30. The van der Waals surface area contributed by atoms with Gasteiger partial charge in [-0.2, -0.15) is 0 Å². The molecule has 0 fully saturated rings. The van der Waals surface area contributed by atoms with Gasteiger partial charge in [0.15, 0.2) is 0 Å². The van der Waals surface area contributed by atoms with Crippen LogP contribution in [0, 0.1) is 0 Å². The monoisotopic (exact) mass is 238 g/mol. The van der Waals surface area contributed by atoms with E-state index in [1.54, 1.807) is 0 Å². The summed E-state index contributed by atoms with van der Waals surface area (Å²) in [6.45, 7) is 2.19. The van der Waals surface area contributed by atoms with E-state index in [9.17, 15) is 4.79 Å². The van der Waals surface area contributed by atoms with Gasteiger partial charge in [-0.15, -0.1) is 0 Å². The normalized spacial score (nSPS) is 12.1. The standard InChI is InChI=1S/C17H18O/c1-2-7-17(15-9-4-3-5-10-15)16-11-6-8-14(12-16)13-18/h3-6,8-13,17H,2,7H2,1H3. The van der Waals surface area contributed by atoms with Crippen molar-refractivity contribution in [2.45, 2.75) is 25.7 Å². The van der Waals surface area contributed by atoms with Crippen molar-refractivity contribution in [3.63, 3.8) is 0 Å². The van der Waals surface area contributed by atoms with Crippen LogP contribution in [0.3, 0.4) is 0 Å². The van der Waals surface area contributed by atoms with E-state index in [1.807, 2.05) is 24.3 Å². The van der Waals surface area contributed by atoms with Crippen LogP contribution in [0.4, 0.5) is 0 Å². The van der Waals surface area contributed by atoms with E-state index in [2.05, 4.69) is 37.3 Å². The van der Waals surface area contributed by atoms with Crippen LogP contribution in [0.15, 0.2) is 54.6 Å². The first-order valence-corrected chi connectivity index (χ1v) is 6.45. The van der Waals surface area contributed by atoms with Crippen LogP contribution >= 0.6 is 0 Å². The number of rotatable bonds is 5. The Bertz CT molecular complexity index is 502. The minimum absolute atomic E-state index is 0.385. The van der Waals surface area contributed by atoms with Crippen LogP contribution in [0.5, 0.6) is 0 Å². The molecule has 0 aliphatic rings. The molecule has 0 aliphatic heterocycles. The maximum absolute atomic E-state index is 10.9. The Hall–Kier alpha value is -1.89. The summed E-state index contributed by atoms with van der Waals surface area (Å²) in [7, 11) is 0. The minimum atomic E-state index is 0.385. The molecule has 18 heavy (non-hydrogen) atoms. The molecule has 0 aliphatic carbocycles. The molecular formula is C17H18O. The summed E-state index contributed by atoms with van der Waals surface area (Å²) in [6, 6.07) is 18.4. The summed E-state index contributed by atoms with van der Waals surface area (Å²) in [5.41, 5.74) is 3.31. The van der Waals surface area contributed by atoms with Crippen molar-refractivity contribution in [2.24, 2.45) is 0 Å². The molecule has 1 unspecified atom stereocenters. The highest BCUT2D eigenvalue weighted by molar-refractivity contribution is 5.75. The Labute approximate surface area is 108 Å². The van der Waals surface area contributed by atoms with E-state index >= 15 is 0 Å². The zero-order valence-electron chi connectivity index (χ0n) is 10.7. The molecular weight excluding hydrogens is 220 g/mol. The summed E-state index contributed by atoms with van der Waals surface area (Å²) in [6.07, 6.45) is 3.15. The van der Waals surface area contributed by atoms with Gasteiger partial charge in [-0.05, 0) is 23.6 Å². The lowest BCUT2D eigenvalue weighted by molar-refractivity contribution is 0.112. The molecule has 1 heteroatoms. The third kappa shape index (κ3) is 2.86. The lowest BCUT2D eigenvalue weighted by Gasteiger charge is -2.17. The van der Waals surface area contributed by atoms with E-state index in [4.69, 9.17) is 0 Å². The average Bonchev–Trinajstić information content (AvgIpc) is 2.46. The summed E-state index contributed by atoms with van der Waals surface area (Å²) in [5, 5.41) is 0. The predicted molar refractivity (Wildman–Crippen MR) is 75.0 cm³/mol. The second kappa shape index (κ2) is 6.15. The van der Waals surface area contributed by atoms with E-state index in [0.29, 0.717) is 5.92 Å². The second-order valence-electron chi connectivity index (χ2n) is 4.54. The van der Waals surface area contributed by atoms with E-state index in [1.165, 1.54) is 11.1 Å². The Morgan fingerprint density at radius 3 is 2.39 bits per heavy atom. The van der Waals surface area contributed by atoms with E-state index < -0.39 is 0 Å². The van der Waals surface area contributed by atoms with E-state index in [0.717, 1.165) is 24.7 Å². The van der Waals surface area contributed by atoms with Gasteiger partial charge in [0.1, 0.15) is 6.29 Å². The fourth-order valence-corrected chi connectivity index (χ4v) is 2.35. The lowest BCUT2D eigenvalue weighted by Crippen LogP contribution is -2.01. The fraction of sp³-hybridized carbons (Fsp3) is 0.235.